The van der Waals surface area contributed by atoms with Gasteiger partial charge >= 0.3 is 0 Å². The van der Waals surface area contributed by atoms with Gasteiger partial charge in [-0.05, 0) is 17.0 Å². The van der Waals surface area contributed by atoms with Crippen LogP contribution in [0.4, 0.5) is 0 Å². The number of hydrogen-bond donors (Lipinski definition) is 1. The van der Waals surface area contributed by atoms with Crippen LogP contribution in [0.15, 0.2) is 27.3 Å². The highest BCUT2D eigenvalue weighted by Crippen LogP contribution is 2.32. The van der Waals surface area contributed by atoms with Gasteiger partial charge in [0.05, 0.1) is 23.9 Å². The van der Waals surface area contributed by atoms with Crippen molar-refractivity contribution < 1.29 is 9.59 Å². The van der Waals surface area contributed by atoms with Crippen LogP contribution in [0, 0.1) is 11.8 Å². The van der Waals surface area contributed by atoms with Crippen molar-refractivity contribution >= 4 is 34.1 Å². The zero-order valence-electron chi connectivity index (χ0n) is 10.9. The summed E-state index contributed by atoms with van der Waals surface area (Å²) in [5.74, 6) is -0.566. The lowest BCUT2D eigenvalue weighted by Gasteiger charge is -2.31. The van der Waals surface area contributed by atoms with Crippen LogP contribution in [-0.2, 0) is 9.59 Å². The minimum Gasteiger partial charge on any atom is -0.359 e. The number of rotatable bonds is 3. The Balaban J connectivity index is 2.11. The molecule has 1 aliphatic heterocycles. The van der Waals surface area contributed by atoms with E-state index in [1.807, 2.05) is 12.2 Å². The van der Waals surface area contributed by atoms with E-state index in [0.717, 1.165) is 10.2 Å². The summed E-state index contributed by atoms with van der Waals surface area (Å²) in [5, 5.41) is 2.58. The molecule has 0 radical (unpaired) electrons. The third kappa shape index (κ3) is 2.94. The second-order valence-corrected chi connectivity index (χ2v) is 5.73. The predicted octanol–water partition coefficient (Wildman–Crippen LogP) is 1.42. The van der Waals surface area contributed by atoms with Crippen molar-refractivity contribution in [1.29, 1.82) is 0 Å². The monoisotopic (exact) mass is 325 g/mol. The summed E-state index contributed by atoms with van der Waals surface area (Å²) in [5.41, 5.74) is 0.789. The quantitative estimate of drug-likeness (QED) is 0.853. The molecule has 2 rings (SSSR count). The van der Waals surface area contributed by atoms with Crippen LogP contribution >= 0.6 is 15.9 Å². The molecule has 1 aliphatic carbocycles. The van der Waals surface area contributed by atoms with Crippen LogP contribution in [0.3, 0.4) is 0 Å². The number of amides is 2. The van der Waals surface area contributed by atoms with E-state index in [-0.39, 0.29) is 23.7 Å². The van der Waals surface area contributed by atoms with Crippen LogP contribution in [0.5, 0.6) is 0 Å². The Morgan fingerprint density at radius 1 is 1.63 bits per heavy atom. The fraction of sp³-hybridized carbons (Fsp3) is 0.462. The molecule has 19 heavy (non-hydrogen) atoms. The van der Waals surface area contributed by atoms with Gasteiger partial charge in [0.25, 0.3) is 0 Å². The molecule has 0 saturated heterocycles. The van der Waals surface area contributed by atoms with E-state index in [2.05, 4.69) is 26.2 Å². The number of nitrogens with one attached hydrogen (secondary N) is 1. The Morgan fingerprint density at radius 3 is 3.05 bits per heavy atom. The maximum absolute atomic E-state index is 12.4. The topological polar surface area (TPSA) is 61.8 Å². The SMILES string of the molecule is CNC(=O)C(C)CN1C=NC2=CC=C(Br)CC2C1=O. The summed E-state index contributed by atoms with van der Waals surface area (Å²) in [6.45, 7) is 2.15. The molecule has 6 heteroatoms. The van der Waals surface area contributed by atoms with Gasteiger partial charge in [-0.25, -0.2) is 4.99 Å². The van der Waals surface area contributed by atoms with E-state index in [0.29, 0.717) is 13.0 Å². The first-order valence-electron chi connectivity index (χ1n) is 6.15. The van der Waals surface area contributed by atoms with E-state index in [1.165, 1.54) is 11.2 Å². The van der Waals surface area contributed by atoms with Crippen LogP contribution in [0.25, 0.3) is 0 Å². The summed E-state index contributed by atoms with van der Waals surface area (Å²) in [6.07, 6.45) is 5.93. The average molecular weight is 326 g/mol. The van der Waals surface area contributed by atoms with Crippen molar-refractivity contribution in [3.8, 4) is 0 Å². The number of halogens is 1. The number of aliphatic imine (C=N–C) groups is 1. The normalized spacial score (nSPS) is 23.4. The summed E-state index contributed by atoms with van der Waals surface area (Å²) >= 11 is 3.41. The fourth-order valence-corrected chi connectivity index (χ4v) is 2.62. The molecule has 2 aliphatic rings. The third-order valence-electron chi connectivity index (χ3n) is 3.28. The molecule has 0 aromatic rings. The summed E-state index contributed by atoms with van der Waals surface area (Å²) < 4.78 is 0.992. The van der Waals surface area contributed by atoms with E-state index in [4.69, 9.17) is 0 Å². The van der Waals surface area contributed by atoms with Crippen LogP contribution in [0.2, 0.25) is 0 Å². The van der Waals surface area contributed by atoms with Gasteiger partial charge in [0.2, 0.25) is 11.8 Å². The molecule has 1 heterocycles. The number of nitrogens with zero attached hydrogens (tertiary/aromatic N) is 2. The highest BCUT2D eigenvalue weighted by Gasteiger charge is 2.33. The molecule has 102 valence electrons. The molecule has 2 amide bonds. The number of fused-ring (bicyclic) bond motifs is 1. The van der Waals surface area contributed by atoms with Gasteiger partial charge < -0.3 is 10.2 Å². The Hall–Kier alpha value is -1.43. The van der Waals surface area contributed by atoms with Crippen molar-refractivity contribution in [1.82, 2.24) is 10.2 Å². The second-order valence-electron chi connectivity index (χ2n) is 4.71. The highest BCUT2D eigenvalue weighted by atomic mass is 79.9. The van der Waals surface area contributed by atoms with Gasteiger partial charge in [-0.1, -0.05) is 28.9 Å². The maximum atomic E-state index is 12.4. The first kappa shape index (κ1) is 14.0. The van der Waals surface area contributed by atoms with E-state index >= 15 is 0 Å². The lowest BCUT2D eigenvalue weighted by molar-refractivity contribution is -0.132. The van der Waals surface area contributed by atoms with Crippen LogP contribution in [0.1, 0.15) is 13.3 Å². The first-order valence-corrected chi connectivity index (χ1v) is 6.94. The first-order chi connectivity index (χ1) is 9.02. The summed E-state index contributed by atoms with van der Waals surface area (Å²) in [7, 11) is 1.59. The molecule has 0 aromatic heterocycles. The van der Waals surface area contributed by atoms with E-state index in [9.17, 15) is 9.59 Å². The van der Waals surface area contributed by atoms with Crippen molar-refractivity contribution in [2.24, 2.45) is 16.8 Å². The Bertz CT molecular complexity index is 496. The zero-order chi connectivity index (χ0) is 14.0. The number of carbonyl (C=O) groups is 2. The largest absolute Gasteiger partial charge is 0.359 e. The summed E-state index contributed by atoms with van der Waals surface area (Å²) in [4.78, 5) is 29.7. The molecule has 0 bridgehead atoms. The number of allylic oxidation sites excluding steroid dienone is 3. The molecule has 0 aromatic carbocycles. The molecule has 0 saturated carbocycles. The third-order valence-corrected chi connectivity index (χ3v) is 3.87. The smallest absolute Gasteiger partial charge is 0.237 e. The highest BCUT2D eigenvalue weighted by molar-refractivity contribution is 9.11. The fourth-order valence-electron chi connectivity index (χ4n) is 2.16. The van der Waals surface area contributed by atoms with Gasteiger partial charge in [0, 0.05) is 13.6 Å². The van der Waals surface area contributed by atoms with E-state index in [1.54, 1.807) is 14.0 Å². The van der Waals surface area contributed by atoms with E-state index < -0.39 is 0 Å². The predicted molar refractivity (Wildman–Crippen MR) is 76.6 cm³/mol. The van der Waals surface area contributed by atoms with Crippen molar-refractivity contribution in [3.05, 3.63) is 22.3 Å². The molecule has 0 fully saturated rings. The Kier molecular flexibility index (Phi) is 4.19. The standard InChI is InChI=1S/C13H16BrN3O2/c1-8(12(18)15-2)6-17-7-16-11-4-3-9(14)5-10(11)13(17)19/h3-4,7-8,10H,5-6H2,1-2H3,(H,15,18). The zero-order valence-corrected chi connectivity index (χ0v) is 12.5. The Labute approximate surface area is 120 Å². The number of hydrogen-bond acceptors (Lipinski definition) is 3. The molecule has 0 spiro atoms. The van der Waals surface area contributed by atoms with Crippen LogP contribution in [-0.4, -0.2) is 36.6 Å². The molecular weight excluding hydrogens is 310 g/mol. The van der Waals surface area contributed by atoms with Gasteiger partial charge in [0.1, 0.15) is 0 Å². The van der Waals surface area contributed by atoms with Crippen molar-refractivity contribution in [3.63, 3.8) is 0 Å². The maximum Gasteiger partial charge on any atom is 0.237 e. The van der Waals surface area contributed by atoms with Crippen LogP contribution < -0.4 is 5.32 Å². The molecule has 2 atom stereocenters. The van der Waals surface area contributed by atoms with Gasteiger partial charge in [-0.15, -0.1) is 0 Å². The molecular formula is C13H16BrN3O2. The van der Waals surface area contributed by atoms with Gasteiger partial charge in [-0.2, -0.15) is 0 Å². The number of carbonyl (C=O) groups excluding carboxylic acids is 2. The lowest BCUT2D eigenvalue weighted by Crippen LogP contribution is -2.44. The van der Waals surface area contributed by atoms with Gasteiger partial charge in [-0.3, -0.25) is 9.59 Å². The Morgan fingerprint density at radius 2 is 2.37 bits per heavy atom. The van der Waals surface area contributed by atoms with Crippen molar-refractivity contribution in [2.45, 2.75) is 13.3 Å². The average Bonchev–Trinajstić information content (AvgIpc) is 2.41. The molecule has 1 N–H and O–H groups in total. The van der Waals surface area contributed by atoms with Crippen molar-refractivity contribution in [2.75, 3.05) is 13.6 Å². The lowest BCUT2D eigenvalue weighted by atomic mass is 9.94. The minimum atomic E-state index is -0.256. The molecule has 5 nitrogen and oxygen atoms in total. The summed E-state index contributed by atoms with van der Waals surface area (Å²) in [6, 6.07) is 0. The van der Waals surface area contributed by atoms with Gasteiger partial charge in [0.15, 0.2) is 0 Å². The second kappa shape index (κ2) is 5.69. The molecule has 2 unspecified atom stereocenters. The minimum absolute atomic E-state index is 0.00190.